The molecule has 0 aromatic carbocycles. The Morgan fingerprint density at radius 3 is 2.28 bits per heavy atom. The molecule has 164 valence electrons. The molecule has 0 aliphatic heterocycles. The molecule has 2 fully saturated rings. The van der Waals surface area contributed by atoms with Gasteiger partial charge in [-0.3, -0.25) is 0 Å². The van der Waals surface area contributed by atoms with Gasteiger partial charge in [-0.1, -0.05) is 19.9 Å². The van der Waals surface area contributed by atoms with Gasteiger partial charge in [-0.2, -0.15) is 0 Å². The average Bonchev–Trinajstić information content (AvgIpc) is 2.89. The first-order valence-electron chi connectivity index (χ1n) is 12.1. The van der Waals surface area contributed by atoms with Crippen molar-refractivity contribution in [1.82, 2.24) is 0 Å². The largest absolute Gasteiger partial charge is 0.547 e. The summed E-state index contributed by atoms with van der Waals surface area (Å²) in [5, 5.41) is 0. The molecule has 4 rings (SSSR count). The van der Waals surface area contributed by atoms with E-state index in [4.69, 9.17) is 8.85 Å². The molecule has 2 nitrogen and oxygen atoms in total. The van der Waals surface area contributed by atoms with E-state index in [0.29, 0.717) is 16.9 Å². The molecule has 0 aromatic heterocycles. The molecular weight excluding hydrogens is 388 g/mol. The summed E-state index contributed by atoms with van der Waals surface area (Å²) in [7, 11) is -3.01. The standard InChI is InChI=1S/C25H44O2Si2/c1-24-15-13-19(26-28(3,4)5)17-18(24)9-10-20-21-11-12-23(27-29(6,7)8)25(21,2)16-14-22(20)24/h9,17,20-23H,10-16H2,1-8H3. The molecule has 29 heavy (non-hydrogen) atoms. The maximum absolute atomic E-state index is 6.74. The number of fused-ring (bicyclic) bond motifs is 5. The maximum Gasteiger partial charge on any atom is 0.241 e. The summed E-state index contributed by atoms with van der Waals surface area (Å²) in [5.74, 6) is 3.80. The summed E-state index contributed by atoms with van der Waals surface area (Å²) in [6.45, 7) is 19.1. The number of hydrogen-bond acceptors (Lipinski definition) is 2. The van der Waals surface area contributed by atoms with E-state index in [1.54, 1.807) is 5.57 Å². The Labute approximate surface area is 181 Å². The van der Waals surface area contributed by atoms with Crippen LogP contribution in [-0.4, -0.2) is 22.7 Å². The Hall–Kier alpha value is -0.326. The molecule has 6 atom stereocenters. The molecule has 0 saturated heterocycles. The van der Waals surface area contributed by atoms with Crippen LogP contribution in [0, 0.1) is 28.6 Å². The predicted octanol–water partition coefficient (Wildman–Crippen LogP) is 7.51. The second-order valence-corrected chi connectivity index (χ2v) is 21.7. The van der Waals surface area contributed by atoms with Crippen LogP contribution in [0.3, 0.4) is 0 Å². The van der Waals surface area contributed by atoms with Crippen molar-refractivity contribution in [3.63, 3.8) is 0 Å². The minimum Gasteiger partial charge on any atom is -0.547 e. The van der Waals surface area contributed by atoms with E-state index in [9.17, 15) is 0 Å². The van der Waals surface area contributed by atoms with Crippen molar-refractivity contribution >= 4 is 16.6 Å². The summed E-state index contributed by atoms with van der Waals surface area (Å²) in [5.41, 5.74) is 2.35. The second kappa shape index (κ2) is 7.10. The predicted molar refractivity (Wildman–Crippen MR) is 128 cm³/mol. The SMILES string of the molecule is CC12CCC(O[Si](C)(C)C)=CC1=CCC1C2CCC2(C)C(O[Si](C)(C)C)CCC12. The van der Waals surface area contributed by atoms with Crippen LogP contribution in [0.5, 0.6) is 0 Å². The molecule has 6 unspecified atom stereocenters. The summed E-state index contributed by atoms with van der Waals surface area (Å²) < 4.78 is 13.1. The highest BCUT2D eigenvalue weighted by Gasteiger charge is 2.59. The molecule has 0 amide bonds. The molecular formula is C25H44O2Si2. The van der Waals surface area contributed by atoms with Crippen LogP contribution in [0.15, 0.2) is 23.5 Å². The summed E-state index contributed by atoms with van der Waals surface area (Å²) in [4.78, 5) is 0. The van der Waals surface area contributed by atoms with E-state index in [2.05, 4.69) is 65.3 Å². The Balaban J connectivity index is 1.58. The minimum absolute atomic E-state index is 0.355. The lowest BCUT2D eigenvalue weighted by molar-refractivity contribution is -0.0579. The van der Waals surface area contributed by atoms with E-state index in [1.165, 1.54) is 44.3 Å². The quantitative estimate of drug-likeness (QED) is 0.428. The van der Waals surface area contributed by atoms with Crippen molar-refractivity contribution in [2.75, 3.05) is 0 Å². The van der Waals surface area contributed by atoms with Gasteiger partial charge in [-0.05, 0) is 118 Å². The third kappa shape index (κ3) is 3.98. The van der Waals surface area contributed by atoms with E-state index in [1.807, 2.05) is 0 Å². The fourth-order valence-electron chi connectivity index (χ4n) is 7.35. The Morgan fingerprint density at radius 2 is 1.62 bits per heavy atom. The molecule has 2 saturated carbocycles. The molecule has 0 aromatic rings. The fourth-order valence-corrected chi connectivity index (χ4v) is 9.53. The van der Waals surface area contributed by atoms with Crippen molar-refractivity contribution in [2.45, 2.75) is 104 Å². The molecule has 4 heteroatoms. The summed E-state index contributed by atoms with van der Waals surface area (Å²) >= 11 is 0. The normalized spacial score (nSPS) is 42.3. The van der Waals surface area contributed by atoms with E-state index < -0.39 is 16.6 Å². The zero-order valence-electron chi connectivity index (χ0n) is 20.2. The lowest BCUT2D eigenvalue weighted by Gasteiger charge is -2.57. The van der Waals surface area contributed by atoms with E-state index in [-0.39, 0.29) is 0 Å². The van der Waals surface area contributed by atoms with Gasteiger partial charge in [0.15, 0.2) is 8.32 Å². The van der Waals surface area contributed by atoms with Gasteiger partial charge in [-0.25, -0.2) is 0 Å². The molecule has 4 aliphatic rings. The maximum atomic E-state index is 6.74. The van der Waals surface area contributed by atoms with Crippen molar-refractivity contribution in [3.8, 4) is 0 Å². The van der Waals surface area contributed by atoms with Gasteiger partial charge in [-0.15, -0.1) is 0 Å². The van der Waals surface area contributed by atoms with Gasteiger partial charge in [0.25, 0.3) is 0 Å². The van der Waals surface area contributed by atoms with E-state index >= 15 is 0 Å². The van der Waals surface area contributed by atoms with Crippen LogP contribution >= 0.6 is 0 Å². The third-order valence-corrected chi connectivity index (χ3v) is 10.4. The zero-order chi connectivity index (χ0) is 21.2. The van der Waals surface area contributed by atoms with Crippen LogP contribution < -0.4 is 0 Å². The molecule has 4 aliphatic carbocycles. The Bertz CT molecular complexity index is 713. The zero-order valence-corrected chi connectivity index (χ0v) is 22.2. The smallest absolute Gasteiger partial charge is 0.241 e. The third-order valence-electron chi connectivity index (χ3n) is 8.58. The first kappa shape index (κ1) is 21.9. The van der Waals surface area contributed by atoms with Crippen LogP contribution in [0.2, 0.25) is 39.3 Å². The van der Waals surface area contributed by atoms with Crippen molar-refractivity contribution in [1.29, 1.82) is 0 Å². The van der Waals surface area contributed by atoms with Gasteiger partial charge in [0.1, 0.15) is 0 Å². The van der Waals surface area contributed by atoms with Crippen LogP contribution in [0.25, 0.3) is 0 Å². The van der Waals surface area contributed by atoms with Gasteiger partial charge in [0.2, 0.25) is 8.32 Å². The Kier molecular flexibility index (Phi) is 5.36. The second-order valence-electron chi connectivity index (χ2n) is 12.9. The van der Waals surface area contributed by atoms with Crippen LogP contribution in [0.1, 0.15) is 58.8 Å². The number of rotatable bonds is 4. The Morgan fingerprint density at radius 1 is 0.897 bits per heavy atom. The van der Waals surface area contributed by atoms with Crippen molar-refractivity contribution < 1.29 is 8.85 Å². The summed E-state index contributed by atoms with van der Waals surface area (Å²) in [6.07, 6.45) is 14.6. The van der Waals surface area contributed by atoms with Crippen molar-refractivity contribution in [2.24, 2.45) is 28.6 Å². The number of hydrogen-bond donors (Lipinski definition) is 0. The molecule has 0 spiro atoms. The highest BCUT2D eigenvalue weighted by Crippen LogP contribution is 2.65. The first-order valence-corrected chi connectivity index (χ1v) is 18.9. The van der Waals surface area contributed by atoms with E-state index in [0.717, 1.165) is 24.2 Å². The number of allylic oxidation sites excluding steroid dienone is 4. The van der Waals surface area contributed by atoms with Gasteiger partial charge < -0.3 is 8.85 Å². The topological polar surface area (TPSA) is 18.5 Å². The first-order chi connectivity index (χ1) is 13.3. The molecule has 0 N–H and O–H groups in total. The average molecular weight is 433 g/mol. The lowest BCUT2D eigenvalue weighted by atomic mass is 9.48. The van der Waals surface area contributed by atoms with Gasteiger partial charge in [0.05, 0.1) is 11.9 Å². The monoisotopic (exact) mass is 432 g/mol. The minimum atomic E-state index is -1.52. The van der Waals surface area contributed by atoms with Crippen molar-refractivity contribution in [3.05, 3.63) is 23.5 Å². The highest BCUT2D eigenvalue weighted by atomic mass is 28.4. The summed E-state index contributed by atoms with van der Waals surface area (Å²) in [6, 6.07) is 0. The fraction of sp³-hybridized carbons (Fsp3) is 0.840. The highest BCUT2D eigenvalue weighted by molar-refractivity contribution is 6.70. The molecule has 0 bridgehead atoms. The lowest BCUT2D eigenvalue weighted by Crippen LogP contribution is -2.51. The van der Waals surface area contributed by atoms with Gasteiger partial charge in [0, 0.05) is 6.42 Å². The van der Waals surface area contributed by atoms with Crippen LogP contribution in [0.4, 0.5) is 0 Å². The molecule has 0 radical (unpaired) electrons. The van der Waals surface area contributed by atoms with Gasteiger partial charge >= 0.3 is 0 Å². The molecule has 0 heterocycles. The van der Waals surface area contributed by atoms with Crippen LogP contribution in [-0.2, 0) is 8.85 Å².